The molecule has 0 unspecified atom stereocenters. The molecule has 586 valence electrons. The number of hydrogen-bond donors (Lipinski definition) is 2. The van der Waals surface area contributed by atoms with Gasteiger partial charge in [0.25, 0.3) is 5.91 Å². The van der Waals surface area contributed by atoms with Gasteiger partial charge in [-0.3, -0.25) is 24.0 Å². The van der Waals surface area contributed by atoms with Crippen LogP contribution in [-0.2, 0) is 26.1 Å². The Morgan fingerprint density at radius 1 is 0.422 bits per heavy atom. The molecule has 1 saturated heterocycles. The van der Waals surface area contributed by atoms with Crippen molar-refractivity contribution >= 4 is 48.7 Å². The fraction of sp³-hybridized carbons (Fsp3) is 0.400. The molecule has 0 spiro atoms. The Balaban J connectivity index is 0.000000227. The summed E-state index contributed by atoms with van der Waals surface area (Å²) >= 11 is 0. The Kier molecular flexibility index (Phi) is 33.5. The summed E-state index contributed by atoms with van der Waals surface area (Å²) in [4.78, 5) is 72.4. The van der Waals surface area contributed by atoms with Crippen LogP contribution in [0.25, 0.3) is 0 Å². The molecule has 1 aromatic heterocycles. The average Bonchev–Trinajstić information content (AvgIpc) is 0.840. The van der Waals surface area contributed by atoms with Crippen molar-refractivity contribution in [2.45, 2.75) is 170 Å². The smallest absolute Gasteiger partial charge is 0.274 e. The van der Waals surface area contributed by atoms with E-state index in [0.29, 0.717) is 91.9 Å². The molecule has 24 heteroatoms. The Bertz CT molecular complexity index is 4390. The Hall–Kier alpha value is -10.0. The zero-order valence-corrected chi connectivity index (χ0v) is 67.1. The van der Waals surface area contributed by atoms with E-state index < -0.39 is 25.8 Å². The van der Waals surface area contributed by atoms with Gasteiger partial charge in [-0.05, 0) is 157 Å². The molecule has 0 aliphatic carbocycles. The number of ketones is 4. The van der Waals surface area contributed by atoms with Crippen LogP contribution in [-0.4, -0.2) is 140 Å². The molecule has 109 heavy (non-hydrogen) atoms. The molecule has 8 aromatic rings. The minimum atomic E-state index is -3.29. The van der Waals surface area contributed by atoms with Crippen molar-refractivity contribution in [2.75, 3.05) is 38.8 Å². The number of benzene rings is 7. The monoisotopic (exact) mass is 1540 g/mol. The van der Waals surface area contributed by atoms with Crippen molar-refractivity contribution in [1.29, 1.82) is 0 Å². The molecule has 0 saturated carbocycles. The summed E-state index contributed by atoms with van der Waals surface area (Å²) in [5, 5.41) is 18.3. The van der Waals surface area contributed by atoms with Gasteiger partial charge in [-0.1, -0.05) is 92.6 Å². The van der Waals surface area contributed by atoms with Crippen molar-refractivity contribution in [3.05, 3.63) is 198 Å². The van der Waals surface area contributed by atoms with Gasteiger partial charge in [-0.15, -0.1) is 0 Å². The van der Waals surface area contributed by atoms with E-state index in [0.717, 1.165) is 44.9 Å². The van der Waals surface area contributed by atoms with Gasteiger partial charge in [0.15, 0.2) is 42.8 Å². The molecule has 0 bridgehead atoms. The second-order valence-electron chi connectivity index (χ2n) is 28.2. The maximum absolute atomic E-state index is 12.5. The van der Waals surface area contributed by atoms with Gasteiger partial charge in [0.05, 0.1) is 53.2 Å². The summed E-state index contributed by atoms with van der Waals surface area (Å²) in [6.45, 7) is 29.6. The van der Waals surface area contributed by atoms with E-state index in [1.807, 2.05) is 107 Å². The van der Waals surface area contributed by atoms with Gasteiger partial charge < -0.3 is 53.0 Å². The van der Waals surface area contributed by atoms with Crippen molar-refractivity contribution in [1.82, 2.24) is 14.9 Å². The van der Waals surface area contributed by atoms with Gasteiger partial charge in [-0.25, -0.2) is 26.8 Å². The Morgan fingerprint density at radius 3 is 1.13 bits per heavy atom. The highest BCUT2D eigenvalue weighted by Crippen LogP contribution is 2.34. The molecule has 1 fully saturated rings. The first-order valence-corrected chi connectivity index (χ1v) is 40.3. The lowest BCUT2D eigenvalue weighted by molar-refractivity contribution is 0.0644. The number of aromatic nitrogens is 2. The van der Waals surface area contributed by atoms with Crippen molar-refractivity contribution in [2.24, 2.45) is 23.7 Å². The average molecular weight is 1540 g/mol. The Labute approximate surface area is 642 Å². The van der Waals surface area contributed by atoms with Crippen LogP contribution in [0.2, 0.25) is 0 Å². The molecule has 7 aromatic carbocycles. The number of Topliss-reactive ketones (excluding diaryl/α,β-unsaturated/α-hetero) is 4. The highest BCUT2D eigenvalue weighted by molar-refractivity contribution is 7.91. The predicted molar refractivity (Wildman–Crippen MR) is 420 cm³/mol. The van der Waals surface area contributed by atoms with Gasteiger partial charge in [-0.2, -0.15) is 0 Å². The van der Waals surface area contributed by atoms with Crippen LogP contribution in [0.1, 0.15) is 181 Å². The third-order valence-corrected chi connectivity index (χ3v) is 18.7. The number of likely N-dealkylation sites (tertiary alicyclic amines) is 1. The van der Waals surface area contributed by atoms with Crippen LogP contribution in [0.5, 0.6) is 63.4 Å². The van der Waals surface area contributed by atoms with Crippen LogP contribution in [0.3, 0.4) is 0 Å². The SMILES string of the molecule is CC(C)C(=O)c1cc(O[C@@H](C)CCO)cc(O[C@@H](C)Cc2ccccc2)c1.CC(C)C(=O)c1cc(Oc2ccc(S(C)(=O)=O)cc2)cc(O[C@@H](C)CO)c1.CC(C)Oc1cc(Oc2cnc(C(=O)N3CCC3)cn2)cc(C(=O)C(C)C)c1.CC[C@H](C)Oc1cc(Oc2ccc(S(C)(=O)=O)cc2)cc(C(=O)C(C)C)c1. The van der Waals surface area contributed by atoms with Gasteiger partial charge >= 0.3 is 0 Å². The van der Waals surface area contributed by atoms with Gasteiger partial charge in [0.1, 0.15) is 69.3 Å². The summed E-state index contributed by atoms with van der Waals surface area (Å²) in [6.07, 6.45) is 7.63. The number of carbonyl (C=O) groups excluding carboxylic acids is 5. The third-order valence-electron chi connectivity index (χ3n) is 16.4. The van der Waals surface area contributed by atoms with Crippen LogP contribution in [0.15, 0.2) is 174 Å². The maximum Gasteiger partial charge on any atom is 0.274 e. The minimum Gasteiger partial charge on any atom is -0.491 e. The lowest BCUT2D eigenvalue weighted by Crippen LogP contribution is -2.42. The zero-order valence-electron chi connectivity index (χ0n) is 65.4. The zero-order chi connectivity index (χ0) is 80.4. The van der Waals surface area contributed by atoms with E-state index in [1.54, 1.807) is 117 Å². The van der Waals surface area contributed by atoms with E-state index in [-0.39, 0.29) is 106 Å². The fourth-order valence-corrected chi connectivity index (χ4v) is 11.6. The molecule has 1 aliphatic rings. The number of nitrogens with zero attached hydrogens (tertiary/aromatic N) is 3. The van der Waals surface area contributed by atoms with E-state index >= 15 is 0 Å². The largest absolute Gasteiger partial charge is 0.491 e. The second kappa shape index (κ2) is 41.5. The van der Waals surface area contributed by atoms with Gasteiger partial charge in [0.2, 0.25) is 5.88 Å². The topological polar surface area (TPSA) is 297 Å². The number of hydrogen-bond acceptors (Lipinski definition) is 21. The first-order valence-electron chi connectivity index (χ1n) is 36.5. The van der Waals surface area contributed by atoms with Crippen molar-refractivity contribution < 1.29 is 88.9 Å². The molecule has 9 rings (SSSR count). The molecular formula is C85H105N3O19S2. The number of ether oxygens (including phenoxy) is 8. The maximum atomic E-state index is 12.5. The number of rotatable bonds is 33. The summed E-state index contributed by atoms with van der Waals surface area (Å²) < 4.78 is 92.8. The fourth-order valence-electron chi connectivity index (χ4n) is 10.3. The normalized spacial score (nSPS) is 13.0. The molecule has 2 N–H and O–H groups in total. The molecule has 1 amide bonds. The minimum absolute atomic E-state index is 0.000586. The third kappa shape index (κ3) is 28.8. The van der Waals surface area contributed by atoms with Crippen LogP contribution in [0.4, 0.5) is 0 Å². The first-order chi connectivity index (χ1) is 51.4. The number of carbonyl (C=O) groups is 5. The van der Waals surface area contributed by atoms with E-state index in [4.69, 9.17) is 43.0 Å². The number of aliphatic hydroxyl groups excluding tert-OH is 2. The second-order valence-corrected chi connectivity index (χ2v) is 32.2. The predicted octanol–water partition coefficient (Wildman–Crippen LogP) is 16.8. The molecule has 4 atom stereocenters. The number of amides is 1. The van der Waals surface area contributed by atoms with Crippen LogP contribution >= 0.6 is 0 Å². The lowest BCUT2D eigenvalue weighted by Gasteiger charge is -2.30. The highest BCUT2D eigenvalue weighted by atomic mass is 32.2. The lowest BCUT2D eigenvalue weighted by atomic mass is 10.0. The first kappa shape index (κ1) is 87.9. The highest BCUT2D eigenvalue weighted by Gasteiger charge is 2.25. The van der Waals surface area contributed by atoms with Gasteiger partial charge in [0, 0.05) is 115 Å². The molecule has 1 aliphatic heterocycles. The summed E-state index contributed by atoms with van der Waals surface area (Å²) in [7, 11) is -6.55. The number of aliphatic hydroxyl groups is 2. The van der Waals surface area contributed by atoms with E-state index in [9.17, 15) is 45.9 Å². The molecule has 2 heterocycles. The van der Waals surface area contributed by atoms with Crippen molar-refractivity contribution in [3.8, 4) is 63.4 Å². The standard InChI is InChI=1S/C23H30O4.C21H25N3O4.C21H26O5S.C20H24O6S/c1-16(2)23(25)20-13-21(26-17(3)10-11-24)15-22(14-20)27-18(4)12-19-8-6-5-7-9-19;1-13(2)20(25)15-8-16(27-14(3)4)10-17(9-15)28-19-12-22-18(11-23-19)21(26)24-6-5-7-24;1-6-15(4)25-18-11-16(21(22)14(2)3)12-19(13-18)26-17-7-9-20(10-8-17)27(5,23)24;1-13(2)20(22)15-9-17(25-14(3)12-21)11-18(10-15)26-16-5-7-19(8-6-16)27(4,23)24/h5-9,13-18,24H,10-12H2,1-4H3;8-14H,5-7H2,1-4H3;7-15H,6H2,1-5H3;5-11,13-14,21H,12H2,1-4H3/t17-,18-;;15-;14-/m0.00/s1. The van der Waals surface area contributed by atoms with Crippen molar-refractivity contribution in [3.63, 3.8) is 0 Å². The Morgan fingerprint density at radius 2 is 0.789 bits per heavy atom. The molecule has 22 nitrogen and oxygen atoms in total. The summed E-state index contributed by atoms with van der Waals surface area (Å²) in [5.41, 5.74) is 3.55. The summed E-state index contributed by atoms with van der Waals surface area (Å²) in [6, 6.07) is 42.8. The van der Waals surface area contributed by atoms with E-state index in [2.05, 4.69) is 22.1 Å². The van der Waals surface area contributed by atoms with E-state index in [1.165, 1.54) is 42.2 Å². The quantitative estimate of drug-likeness (QED) is 0.0361. The van der Waals surface area contributed by atoms with Crippen LogP contribution < -0.4 is 37.9 Å². The van der Waals surface area contributed by atoms with Crippen LogP contribution in [0, 0.1) is 23.7 Å². The molecule has 0 radical (unpaired) electrons. The summed E-state index contributed by atoms with van der Waals surface area (Å²) in [5.74, 6) is 4.43. The molecular weight excluding hydrogens is 1430 g/mol. The number of sulfone groups is 2.